The molecular formula is C20H22Cl2N2O5. The molecule has 0 aromatic heterocycles. The Bertz CT molecular complexity index is 820. The number of ether oxygens (including phenoxy) is 1. The molecule has 1 heterocycles. The summed E-state index contributed by atoms with van der Waals surface area (Å²) < 4.78 is 4.95. The van der Waals surface area contributed by atoms with Crippen molar-refractivity contribution in [1.29, 1.82) is 0 Å². The minimum atomic E-state index is -0.789. The van der Waals surface area contributed by atoms with Crippen LogP contribution in [0.15, 0.2) is 18.2 Å². The highest BCUT2D eigenvalue weighted by atomic mass is 35.5. The van der Waals surface area contributed by atoms with Crippen LogP contribution in [-0.4, -0.2) is 41.7 Å². The monoisotopic (exact) mass is 440 g/mol. The Morgan fingerprint density at radius 3 is 2.34 bits per heavy atom. The van der Waals surface area contributed by atoms with Crippen molar-refractivity contribution in [3.05, 3.63) is 33.8 Å². The van der Waals surface area contributed by atoms with E-state index < -0.39 is 25.0 Å². The molecule has 0 radical (unpaired) electrons. The van der Waals surface area contributed by atoms with Gasteiger partial charge in [-0.2, -0.15) is 0 Å². The number of amides is 3. The lowest BCUT2D eigenvalue weighted by Crippen LogP contribution is -2.38. The van der Waals surface area contributed by atoms with Crippen molar-refractivity contribution in [1.82, 2.24) is 10.2 Å². The zero-order chi connectivity index (χ0) is 21.1. The average Bonchev–Trinajstić information content (AvgIpc) is 2.93. The predicted octanol–water partition coefficient (Wildman–Crippen LogP) is 2.89. The highest BCUT2D eigenvalue weighted by Crippen LogP contribution is 2.37. The Labute approximate surface area is 178 Å². The van der Waals surface area contributed by atoms with Gasteiger partial charge in [0.05, 0.1) is 27.9 Å². The van der Waals surface area contributed by atoms with Crippen LogP contribution in [0.2, 0.25) is 10.0 Å². The summed E-state index contributed by atoms with van der Waals surface area (Å²) in [4.78, 5) is 49.8. The summed E-state index contributed by atoms with van der Waals surface area (Å²) >= 11 is 11.9. The Balaban J connectivity index is 1.47. The molecule has 29 heavy (non-hydrogen) atoms. The molecule has 3 amide bonds. The van der Waals surface area contributed by atoms with Crippen molar-refractivity contribution in [2.45, 2.75) is 38.6 Å². The summed E-state index contributed by atoms with van der Waals surface area (Å²) in [7, 11) is 0. The largest absolute Gasteiger partial charge is 0.454 e. The third kappa shape index (κ3) is 4.90. The van der Waals surface area contributed by atoms with Crippen LogP contribution < -0.4 is 5.32 Å². The maximum absolute atomic E-state index is 12.4. The van der Waals surface area contributed by atoms with E-state index in [9.17, 15) is 19.2 Å². The SMILES string of the molecule is CC(NC(=O)COC(=O)CN1C(=O)C2CCCCC2C1=O)c1ccc(Cl)c(Cl)c1. The van der Waals surface area contributed by atoms with E-state index in [0.717, 1.165) is 23.3 Å². The molecule has 2 fully saturated rings. The van der Waals surface area contributed by atoms with E-state index >= 15 is 0 Å². The van der Waals surface area contributed by atoms with Gasteiger partial charge in [-0.05, 0) is 37.5 Å². The quantitative estimate of drug-likeness (QED) is 0.542. The fourth-order valence-corrected chi connectivity index (χ4v) is 4.16. The van der Waals surface area contributed by atoms with Gasteiger partial charge in [0.15, 0.2) is 6.61 Å². The molecule has 9 heteroatoms. The standard InChI is InChI=1S/C20H22Cl2N2O5/c1-11(12-6-7-15(21)16(22)8-12)23-17(25)10-29-18(26)9-24-19(27)13-4-2-3-5-14(13)20(24)28/h6-8,11,13-14H,2-5,9-10H2,1H3,(H,23,25). The number of likely N-dealkylation sites (tertiary alicyclic amines) is 1. The normalized spacial score (nSPS) is 22.2. The number of benzene rings is 1. The molecule has 1 N–H and O–H groups in total. The highest BCUT2D eigenvalue weighted by molar-refractivity contribution is 6.42. The number of fused-ring (bicyclic) bond motifs is 1. The molecule has 2 aliphatic rings. The molecule has 0 bridgehead atoms. The lowest BCUT2D eigenvalue weighted by Gasteiger charge is -2.19. The van der Waals surface area contributed by atoms with Gasteiger partial charge >= 0.3 is 5.97 Å². The third-order valence-corrected chi connectivity index (χ3v) is 6.14. The number of nitrogens with zero attached hydrogens (tertiary/aromatic N) is 1. The molecule has 156 valence electrons. The zero-order valence-electron chi connectivity index (χ0n) is 16.0. The number of carbonyl (C=O) groups is 4. The molecule has 3 atom stereocenters. The van der Waals surface area contributed by atoms with Crippen molar-refractivity contribution in [2.24, 2.45) is 11.8 Å². The van der Waals surface area contributed by atoms with Gasteiger partial charge in [-0.3, -0.25) is 24.1 Å². The fraction of sp³-hybridized carbons (Fsp3) is 0.500. The van der Waals surface area contributed by atoms with Crippen molar-refractivity contribution < 1.29 is 23.9 Å². The summed E-state index contributed by atoms with van der Waals surface area (Å²) in [5.74, 6) is -2.56. The molecule has 1 aliphatic carbocycles. The van der Waals surface area contributed by atoms with E-state index in [2.05, 4.69) is 5.32 Å². The molecule has 1 aliphatic heterocycles. The lowest BCUT2D eigenvalue weighted by atomic mass is 9.81. The Morgan fingerprint density at radius 1 is 1.14 bits per heavy atom. The molecule has 0 spiro atoms. The number of rotatable bonds is 6. The molecule has 1 saturated carbocycles. The number of hydrogen-bond acceptors (Lipinski definition) is 5. The van der Waals surface area contributed by atoms with Gasteiger partial charge in [0.1, 0.15) is 6.54 Å². The van der Waals surface area contributed by atoms with Gasteiger partial charge in [0.2, 0.25) is 11.8 Å². The smallest absolute Gasteiger partial charge is 0.326 e. The first-order chi connectivity index (χ1) is 13.8. The summed E-state index contributed by atoms with van der Waals surface area (Å²) in [6, 6.07) is 4.63. The number of imide groups is 1. The van der Waals surface area contributed by atoms with E-state index in [-0.39, 0.29) is 29.7 Å². The van der Waals surface area contributed by atoms with Gasteiger partial charge in [-0.15, -0.1) is 0 Å². The first-order valence-corrected chi connectivity index (χ1v) is 10.3. The van der Waals surface area contributed by atoms with Crippen LogP contribution in [0.25, 0.3) is 0 Å². The first kappa shape index (κ1) is 21.6. The average molecular weight is 441 g/mol. The first-order valence-electron chi connectivity index (χ1n) is 9.53. The van der Waals surface area contributed by atoms with Gasteiger partial charge in [0.25, 0.3) is 5.91 Å². The maximum atomic E-state index is 12.4. The predicted molar refractivity (Wildman–Crippen MR) is 106 cm³/mol. The lowest BCUT2D eigenvalue weighted by molar-refractivity contribution is -0.155. The van der Waals surface area contributed by atoms with Crippen LogP contribution in [0.1, 0.15) is 44.2 Å². The van der Waals surface area contributed by atoms with E-state index in [1.54, 1.807) is 25.1 Å². The van der Waals surface area contributed by atoms with Crippen molar-refractivity contribution in [2.75, 3.05) is 13.2 Å². The second-order valence-electron chi connectivity index (χ2n) is 7.38. The number of esters is 1. The molecule has 3 unspecified atom stereocenters. The number of nitrogens with one attached hydrogen (secondary N) is 1. The third-order valence-electron chi connectivity index (χ3n) is 5.41. The van der Waals surface area contributed by atoms with Gasteiger partial charge in [0, 0.05) is 0 Å². The molecule has 1 aromatic carbocycles. The summed E-state index contributed by atoms with van der Waals surface area (Å²) in [6.45, 7) is 0.788. The number of hydrogen-bond donors (Lipinski definition) is 1. The minimum Gasteiger partial charge on any atom is -0.454 e. The minimum absolute atomic E-state index is 0.311. The van der Waals surface area contributed by atoms with Crippen molar-refractivity contribution in [3.8, 4) is 0 Å². The van der Waals surface area contributed by atoms with E-state index in [1.807, 2.05) is 0 Å². The van der Waals surface area contributed by atoms with Crippen molar-refractivity contribution in [3.63, 3.8) is 0 Å². The van der Waals surface area contributed by atoms with Gasteiger partial charge < -0.3 is 10.1 Å². The van der Waals surface area contributed by atoms with Crippen LogP contribution >= 0.6 is 23.2 Å². The van der Waals surface area contributed by atoms with Crippen LogP contribution in [0.4, 0.5) is 0 Å². The second-order valence-corrected chi connectivity index (χ2v) is 8.20. The van der Waals surface area contributed by atoms with E-state index in [0.29, 0.717) is 22.9 Å². The maximum Gasteiger partial charge on any atom is 0.326 e. The molecule has 3 rings (SSSR count). The molecule has 7 nitrogen and oxygen atoms in total. The fourth-order valence-electron chi connectivity index (χ4n) is 3.86. The topological polar surface area (TPSA) is 92.8 Å². The summed E-state index contributed by atoms with van der Waals surface area (Å²) in [5, 5.41) is 3.47. The van der Waals surface area contributed by atoms with Crippen LogP contribution in [0.3, 0.4) is 0 Å². The van der Waals surface area contributed by atoms with Gasteiger partial charge in [-0.25, -0.2) is 0 Å². The molecule has 1 aromatic rings. The summed E-state index contributed by atoms with van der Waals surface area (Å²) in [5.41, 5.74) is 0.745. The molecule has 1 saturated heterocycles. The van der Waals surface area contributed by atoms with E-state index in [1.165, 1.54) is 0 Å². The number of halogens is 2. The Kier molecular flexibility index (Phi) is 6.80. The van der Waals surface area contributed by atoms with Crippen molar-refractivity contribution >= 4 is 46.9 Å². The Morgan fingerprint density at radius 2 is 1.76 bits per heavy atom. The van der Waals surface area contributed by atoms with Gasteiger partial charge in [-0.1, -0.05) is 42.1 Å². The zero-order valence-corrected chi connectivity index (χ0v) is 17.5. The summed E-state index contributed by atoms with van der Waals surface area (Å²) in [6.07, 6.45) is 3.18. The van der Waals surface area contributed by atoms with Crippen LogP contribution in [0, 0.1) is 11.8 Å². The Hall–Kier alpha value is -2.12. The van der Waals surface area contributed by atoms with E-state index in [4.69, 9.17) is 27.9 Å². The van der Waals surface area contributed by atoms with Crippen LogP contribution in [0.5, 0.6) is 0 Å². The highest BCUT2D eigenvalue weighted by Gasteiger charge is 2.48. The van der Waals surface area contributed by atoms with Crippen LogP contribution in [-0.2, 0) is 23.9 Å². The second kappa shape index (κ2) is 9.13. The number of carbonyl (C=O) groups excluding carboxylic acids is 4. The molecular weight excluding hydrogens is 419 g/mol.